The number of nitrogens with zero attached hydrogens (tertiary/aromatic N) is 4. The number of morpholine rings is 1. The number of likely N-dealkylation sites (N-methyl/N-ethyl adjacent to an activating group) is 1. The van der Waals surface area contributed by atoms with Crippen LogP contribution in [0.4, 0.5) is 15.8 Å². The van der Waals surface area contributed by atoms with Gasteiger partial charge in [-0.3, -0.25) is 19.8 Å². The van der Waals surface area contributed by atoms with E-state index in [9.17, 15) is 4.79 Å². The average molecular weight is 496 g/mol. The number of halogens is 1. The van der Waals surface area contributed by atoms with Crippen LogP contribution >= 0.6 is 0 Å². The molecule has 0 spiro atoms. The van der Waals surface area contributed by atoms with Crippen molar-refractivity contribution in [1.29, 1.82) is 0 Å². The minimum Gasteiger partial charge on any atom is -0.379 e. The van der Waals surface area contributed by atoms with Gasteiger partial charge in [-0.15, -0.1) is 0 Å². The summed E-state index contributed by atoms with van der Waals surface area (Å²) in [6, 6.07) is 1.37. The first-order valence-corrected chi connectivity index (χ1v) is 13.3. The molecule has 1 amide bonds. The Morgan fingerprint density at radius 1 is 1.28 bits per heavy atom. The topological polar surface area (TPSA) is 73.8 Å². The summed E-state index contributed by atoms with van der Waals surface area (Å²) >= 11 is 0. The minimum atomic E-state index is -0.370. The maximum atomic E-state index is 15.5. The zero-order chi connectivity index (χ0) is 25.6. The summed E-state index contributed by atoms with van der Waals surface area (Å²) in [6.45, 7) is 10.3. The van der Waals surface area contributed by atoms with Crippen LogP contribution in [0.3, 0.4) is 0 Å². The van der Waals surface area contributed by atoms with E-state index in [-0.39, 0.29) is 23.5 Å². The Morgan fingerprint density at radius 3 is 2.72 bits per heavy atom. The molecule has 1 N–H and O–H groups in total. The van der Waals surface area contributed by atoms with E-state index in [1.54, 1.807) is 20.0 Å². The summed E-state index contributed by atoms with van der Waals surface area (Å²) in [7, 11) is 1.66. The molecule has 5 rings (SSSR count). The monoisotopic (exact) mass is 495 g/mol. The van der Waals surface area contributed by atoms with Gasteiger partial charge in [-0.05, 0) is 75.5 Å². The number of hydrogen-bond acceptors (Lipinski definition) is 5. The third kappa shape index (κ3) is 4.61. The molecule has 0 radical (unpaired) electrons. The SMILES string of the molecule is CCCC(=Nc1cc(N(C)C(=O)C(C)N2CCOCC2)c(F)c(C)c1C)c1n[nH]c2c1CC1CC1C2. The number of amides is 1. The van der Waals surface area contributed by atoms with E-state index in [1.807, 2.05) is 13.8 Å². The van der Waals surface area contributed by atoms with Gasteiger partial charge in [0.15, 0.2) is 0 Å². The van der Waals surface area contributed by atoms with Crippen LogP contribution in [0.25, 0.3) is 0 Å². The van der Waals surface area contributed by atoms with Gasteiger partial charge in [0.25, 0.3) is 0 Å². The van der Waals surface area contributed by atoms with E-state index in [1.165, 1.54) is 22.6 Å². The Kier molecular flexibility index (Phi) is 7.01. The van der Waals surface area contributed by atoms with Crippen molar-refractivity contribution in [3.05, 3.63) is 40.0 Å². The second-order valence-electron chi connectivity index (χ2n) is 10.7. The molecule has 8 heteroatoms. The largest absolute Gasteiger partial charge is 0.379 e. The Hall–Kier alpha value is -2.58. The fourth-order valence-corrected chi connectivity index (χ4v) is 5.70. The van der Waals surface area contributed by atoms with Crippen molar-refractivity contribution in [2.75, 3.05) is 38.3 Å². The lowest BCUT2D eigenvalue weighted by Gasteiger charge is -2.33. The summed E-state index contributed by atoms with van der Waals surface area (Å²) in [5.74, 6) is 1.09. The maximum Gasteiger partial charge on any atom is 0.243 e. The normalized spacial score (nSPS) is 22.7. The third-order valence-electron chi connectivity index (χ3n) is 8.39. The second-order valence-corrected chi connectivity index (χ2v) is 10.7. The zero-order valence-electron chi connectivity index (χ0n) is 22.2. The standard InChI is InChI=1S/C28H38FN5O2/c1-6-7-22(27-21-13-19-12-20(19)14-24(21)31-32-27)30-23-15-25(26(29)17(3)16(23)2)33(5)28(35)18(4)34-8-10-36-11-9-34/h15,18-20H,6-14H2,1-5H3,(H,31,32). The molecule has 2 aliphatic carbocycles. The third-order valence-corrected chi connectivity index (χ3v) is 8.39. The van der Waals surface area contributed by atoms with Crippen molar-refractivity contribution in [3.8, 4) is 0 Å². The molecule has 7 nitrogen and oxygen atoms in total. The molecule has 3 atom stereocenters. The number of benzene rings is 1. The van der Waals surface area contributed by atoms with Crippen molar-refractivity contribution >= 4 is 23.0 Å². The van der Waals surface area contributed by atoms with E-state index in [4.69, 9.17) is 9.73 Å². The number of ether oxygens (including phenoxy) is 1. The van der Waals surface area contributed by atoms with Gasteiger partial charge in [0, 0.05) is 31.4 Å². The predicted octanol–water partition coefficient (Wildman–Crippen LogP) is 4.50. The molecular formula is C28H38FN5O2. The minimum absolute atomic E-state index is 0.136. The van der Waals surface area contributed by atoms with Gasteiger partial charge in [0.05, 0.1) is 36.3 Å². The molecule has 3 unspecified atom stereocenters. The van der Waals surface area contributed by atoms with Crippen LogP contribution in [0.2, 0.25) is 0 Å². The average Bonchev–Trinajstić information content (AvgIpc) is 3.54. The van der Waals surface area contributed by atoms with Crippen LogP contribution in [-0.2, 0) is 22.4 Å². The second kappa shape index (κ2) is 10.1. The number of aliphatic imine (C=N–C) groups is 1. The highest BCUT2D eigenvalue weighted by molar-refractivity contribution is 6.02. The van der Waals surface area contributed by atoms with Crippen LogP contribution < -0.4 is 4.90 Å². The molecule has 36 heavy (non-hydrogen) atoms. The van der Waals surface area contributed by atoms with Gasteiger partial charge in [-0.1, -0.05) is 13.3 Å². The van der Waals surface area contributed by atoms with Crippen molar-refractivity contribution in [3.63, 3.8) is 0 Å². The highest BCUT2D eigenvalue weighted by Crippen LogP contribution is 2.48. The van der Waals surface area contributed by atoms with Crippen LogP contribution in [0, 0.1) is 31.5 Å². The molecule has 1 saturated carbocycles. The fraction of sp³-hybridized carbons (Fsp3) is 0.607. The number of anilines is 1. The summed E-state index contributed by atoms with van der Waals surface area (Å²) < 4.78 is 20.9. The van der Waals surface area contributed by atoms with Crippen LogP contribution in [0.1, 0.15) is 61.2 Å². The van der Waals surface area contributed by atoms with Crippen molar-refractivity contribution in [2.24, 2.45) is 16.8 Å². The van der Waals surface area contributed by atoms with Gasteiger partial charge in [-0.2, -0.15) is 5.10 Å². The lowest BCUT2D eigenvalue weighted by Crippen LogP contribution is -2.50. The predicted molar refractivity (Wildman–Crippen MR) is 140 cm³/mol. The Labute approximate surface area is 213 Å². The number of carbonyl (C=O) groups is 1. The van der Waals surface area contributed by atoms with Crippen molar-refractivity contribution in [1.82, 2.24) is 15.1 Å². The van der Waals surface area contributed by atoms with Crippen LogP contribution in [-0.4, -0.2) is 66.1 Å². The van der Waals surface area contributed by atoms with Crippen LogP contribution in [0.5, 0.6) is 0 Å². The molecule has 2 aromatic rings. The smallest absolute Gasteiger partial charge is 0.243 e. The Morgan fingerprint density at radius 2 is 2.00 bits per heavy atom. The van der Waals surface area contributed by atoms with Crippen LogP contribution in [0.15, 0.2) is 11.1 Å². The first-order valence-electron chi connectivity index (χ1n) is 13.3. The van der Waals surface area contributed by atoms with E-state index >= 15 is 4.39 Å². The number of aromatic amines is 1. The molecule has 2 heterocycles. The fourth-order valence-electron chi connectivity index (χ4n) is 5.70. The molecule has 1 saturated heterocycles. The first kappa shape index (κ1) is 25.1. The summed E-state index contributed by atoms with van der Waals surface area (Å²) in [4.78, 5) is 22.0. The number of carbonyl (C=O) groups excluding carboxylic acids is 1. The molecule has 0 bridgehead atoms. The summed E-state index contributed by atoms with van der Waals surface area (Å²) in [5, 5.41) is 7.96. The molecule has 194 valence electrons. The lowest BCUT2D eigenvalue weighted by atomic mass is 9.93. The zero-order valence-corrected chi connectivity index (χ0v) is 22.2. The van der Waals surface area contributed by atoms with Gasteiger partial charge in [0.1, 0.15) is 11.5 Å². The van der Waals surface area contributed by atoms with E-state index in [0.29, 0.717) is 37.6 Å². The quantitative estimate of drug-likeness (QED) is 0.574. The molecule has 3 aliphatic rings. The van der Waals surface area contributed by atoms with Crippen molar-refractivity contribution < 1.29 is 13.9 Å². The van der Waals surface area contributed by atoms with Gasteiger partial charge >= 0.3 is 0 Å². The molecule has 1 aromatic carbocycles. The highest BCUT2D eigenvalue weighted by Gasteiger charge is 2.43. The number of nitrogens with one attached hydrogen (secondary N) is 1. The van der Waals surface area contributed by atoms with Crippen molar-refractivity contribution in [2.45, 2.75) is 65.8 Å². The molecule has 1 aromatic heterocycles. The van der Waals surface area contributed by atoms with E-state index < -0.39 is 0 Å². The molecule has 1 aliphatic heterocycles. The molecule has 2 fully saturated rings. The Bertz CT molecular complexity index is 1180. The molecular weight excluding hydrogens is 457 g/mol. The highest BCUT2D eigenvalue weighted by atomic mass is 19.1. The number of H-pyrrole nitrogens is 1. The summed E-state index contributed by atoms with van der Waals surface area (Å²) in [6.07, 6.45) is 5.19. The maximum absolute atomic E-state index is 15.5. The number of rotatable bonds is 7. The van der Waals surface area contributed by atoms with Gasteiger partial charge in [0.2, 0.25) is 5.91 Å². The number of fused-ring (bicyclic) bond motifs is 2. The van der Waals surface area contributed by atoms with E-state index in [2.05, 4.69) is 22.0 Å². The first-order chi connectivity index (χ1) is 17.3. The summed E-state index contributed by atoms with van der Waals surface area (Å²) in [5.41, 5.74) is 6.73. The number of aromatic nitrogens is 2. The lowest BCUT2D eigenvalue weighted by molar-refractivity contribution is -0.124. The Balaban J connectivity index is 1.49. The van der Waals surface area contributed by atoms with E-state index in [0.717, 1.165) is 54.5 Å². The number of hydrogen-bond donors (Lipinski definition) is 1. The van der Waals surface area contributed by atoms with Gasteiger partial charge < -0.3 is 9.64 Å². The van der Waals surface area contributed by atoms with Gasteiger partial charge in [-0.25, -0.2) is 4.39 Å².